The Hall–Kier alpha value is -1.59. The molecule has 1 heterocycles. The molecule has 1 aromatic heterocycles. The molecule has 6 heteroatoms. The summed E-state index contributed by atoms with van der Waals surface area (Å²) in [6, 6.07) is 12.9. The zero-order valence-electron chi connectivity index (χ0n) is 10.7. The van der Waals surface area contributed by atoms with Gasteiger partial charge in [-0.25, -0.2) is 13.4 Å². The standard InChI is InChI=1S/C14H14ClNO3S/c15-20(17,18)13-9-4-10-16-14(13)19-11-5-8-12-6-2-1-3-7-12/h1-4,6-7,9-10H,5,8,11H2. The van der Waals surface area contributed by atoms with Gasteiger partial charge in [-0.3, -0.25) is 0 Å². The molecule has 0 fully saturated rings. The molecule has 0 N–H and O–H groups in total. The molecule has 0 spiro atoms. The third-order valence-corrected chi connectivity index (χ3v) is 4.03. The lowest BCUT2D eigenvalue weighted by Crippen LogP contribution is -2.04. The van der Waals surface area contributed by atoms with Crippen LogP contribution in [-0.4, -0.2) is 20.0 Å². The minimum atomic E-state index is -3.84. The number of ether oxygens (including phenoxy) is 1. The predicted molar refractivity (Wildman–Crippen MR) is 77.5 cm³/mol. The highest BCUT2D eigenvalue weighted by molar-refractivity contribution is 8.13. The number of halogens is 1. The maximum Gasteiger partial charge on any atom is 0.266 e. The molecular weight excluding hydrogens is 298 g/mol. The molecule has 4 nitrogen and oxygen atoms in total. The SMILES string of the molecule is O=S(=O)(Cl)c1cccnc1OCCCc1ccccc1. The second kappa shape index (κ2) is 6.72. The highest BCUT2D eigenvalue weighted by Crippen LogP contribution is 2.24. The average Bonchev–Trinajstić information content (AvgIpc) is 2.44. The van der Waals surface area contributed by atoms with E-state index >= 15 is 0 Å². The lowest BCUT2D eigenvalue weighted by molar-refractivity contribution is 0.291. The largest absolute Gasteiger partial charge is 0.477 e. The van der Waals surface area contributed by atoms with E-state index in [0.717, 1.165) is 12.8 Å². The van der Waals surface area contributed by atoms with Gasteiger partial charge in [0, 0.05) is 16.9 Å². The Morgan fingerprint density at radius 1 is 1.10 bits per heavy atom. The van der Waals surface area contributed by atoms with E-state index in [4.69, 9.17) is 15.4 Å². The molecule has 2 rings (SSSR count). The minimum absolute atomic E-state index is 0.0514. The fraction of sp³-hybridized carbons (Fsp3) is 0.214. The van der Waals surface area contributed by atoms with Crippen LogP contribution in [0, 0.1) is 0 Å². The van der Waals surface area contributed by atoms with E-state index in [2.05, 4.69) is 4.98 Å². The van der Waals surface area contributed by atoms with Crippen molar-refractivity contribution >= 4 is 19.7 Å². The molecule has 2 aromatic rings. The van der Waals surface area contributed by atoms with Crippen LogP contribution < -0.4 is 4.74 Å². The van der Waals surface area contributed by atoms with Crippen molar-refractivity contribution in [1.82, 2.24) is 4.98 Å². The normalized spacial score (nSPS) is 11.2. The molecule has 0 aliphatic carbocycles. The summed E-state index contributed by atoms with van der Waals surface area (Å²) in [6.45, 7) is 0.380. The zero-order valence-corrected chi connectivity index (χ0v) is 12.3. The van der Waals surface area contributed by atoms with Gasteiger partial charge in [-0.2, -0.15) is 0 Å². The highest BCUT2D eigenvalue weighted by atomic mass is 35.7. The third kappa shape index (κ3) is 4.21. The number of hydrogen-bond donors (Lipinski definition) is 0. The molecule has 106 valence electrons. The molecule has 0 aliphatic rings. The van der Waals surface area contributed by atoms with Gasteiger partial charge in [-0.1, -0.05) is 30.3 Å². The van der Waals surface area contributed by atoms with Crippen molar-refractivity contribution < 1.29 is 13.2 Å². The maximum absolute atomic E-state index is 11.4. The van der Waals surface area contributed by atoms with Gasteiger partial charge in [-0.15, -0.1) is 0 Å². The average molecular weight is 312 g/mol. The summed E-state index contributed by atoms with van der Waals surface area (Å²) in [7, 11) is 1.49. The molecular formula is C14H14ClNO3S. The Bertz CT molecular complexity index is 659. The molecule has 20 heavy (non-hydrogen) atoms. The number of benzene rings is 1. The van der Waals surface area contributed by atoms with E-state index in [1.165, 1.54) is 23.9 Å². The number of aryl methyl sites for hydroxylation is 1. The fourth-order valence-electron chi connectivity index (χ4n) is 1.76. The van der Waals surface area contributed by atoms with E-state index in [-0.39, 0.29) is 10.8 Å². The predicted octanol–water partition coefficient (Wildman–Crippen LogP) is 3.02. The third-order valence-electron chi connectivity index (χ3n) is 2.69. The molecule has 0 radical (unpaired) electrons. The van der Waals surface area contributed by atoms with Crippen LogP contribution in [0.3, 0.4) is 0 Å². The van der Waals surface area contributed by atoms with Gasteiger partial charge in [0.25, 0.3) is 9.05 Å². The van der Waals surface area contributed by atoms with Crippen molar-refractivity contribution in [2.75, 3.05) is 6.61 Å². The zero-order chi connectivity index (χ0) is 14.4. The topological polar surface area (TPSA) is 56.3 Å². The van der Waals surface area contributed by atoms with Crippen LogP contribution in [0.4, 0.5) is 0 Å². The lowest BCUT2D eigenvalue weighted by atomic mass is 10.1. The second-order valence-electron chi connectivity index (χ2n) is 4.18. The van der Waals surface area contributed by atoms with Crippen LogP contribution in [0.1, 0.15) is 12.0 Å². The van der Waals surface area contributed by atoms with Gasteiger partial charge >= 0.3 is 0 Å². The summed E-state index contributed by atoms with van der Waals surface area (Å²) in [5, 5.41) is 0. The Morgan fingerprint density at radius 3 is 2.55 bits per heavy atom. The summed E-state index contributed by atoms with van der Waals surface area (Å²) < 4.78 is 28.1. The summed E-state index contributed by atoms with van der Waals surface area (Å²) in [4.78, 5) is 3.81. The quantitative estimate of drug-likeness (QED) is 0.608. The van der Waals surface area contributed by atoms with Crippen molar-refractivity contribution in [3.8, 4) is 5.88 Å². The Balaban J connectivity index is 1.92. The first-order valence-corrected chi connectivity index (χ1v) is 8.45. The first-order valence-electron chi connectivity index (χ1n) is 6.14. The summed E-state index contributed by atoms with van der Waals surface area (Å²) in [5.74, 6) is 0.0514. The van der Waals surface area contributed by atoms with Gasteiger partial charge in [0.2, 0.25) is 5.88 Å². The van der Waals surface area contributed by atoms with Gasteiger partial charge in [0.15, 0.2) is 0 Å². The highest BCUT2D eigenvalue weighted by Gasteiger charge is 2.17. The van der Waals surface area contributed by atoms with Crippen molar-refractivity contribution in [2.45, 2.75) is 17.7 Å². The van der Waals surface area contributed by atoms with E-state index in [1.807, 2.05) is 30.3 Å². The monoisotopic (exact) mass is 311 g/mol. The minimum Gasteiger partial charge on any atom is -0.477 e. The summed E-state index contributed by atoms with van der Waals surface area (Å²) in [5.41, 5.74) is 1.21. The molecule has 1 aromatic carbocycles. The number of pyridine rings is 1. The van der Waals surface area contributed by atoms with Gasteiger partial charge in [0.05, 0.1) is 6.61 Å². The number of rotatable bonds is 6. The van der Waals surface area contributed by atoms with Gasteiger partial charge in [0.1, 0.15) is 4.90 Å². The number of nitrogens with zero attached hydrogens (tertiary/aromatic N) is 1. The first-order chi connectivity index (χ1) is 9.57. The first kappa shape index (κ1) is 14.8. The van der Waals surface area contributed by atoms with Crippen LogP contribution in [-0.2, 0) is 15.5 Å². The molecule has 0 bridgehead atoms. The van der Waals surface area contributed by atoms with Crippen molar-refractivity contribution in [2.24, 2.45) is 0 Å². The molecule has 0 amide bonds. The molecule has 0 saturated heterocycles. The Kier molecular flexibility index (Phi) is 4.98. The van der Waals surface area contributed by atoms with Crippen LogP contribution in [0.5, 0.6) is 5.88 Å². The fourth-order valence-corrected chi connectivity index (χ4v) is 2.67. The lowest BCUT2D eigenvalue weighted by Gasteiger charge is -2.08. The smallest absolute Gasteiger partial charge is 0.266 e. The van der Waals surface area contributed by atoms with Gasteiger partial charge in [-0.05, 0) is 30.5 Å². The van der Waals surface area contributed by atoms with Crippen molar-refractivity contribution in [1.29, 1.82) is 0 Å². The Morgan fingerprint density at radius 2 is 1.85 bits per heavy atom. The molecule has 0 saturated carbocycles. The van der Waals surface area contributed by atoms with E-state index in [1.54, 1.807) is 0 Å². The summed E-state index contributed by atoms with van der Waals surface area (Å²) in [6.07, 6.45) is 3.09. The van der Waals surface area contributed by atoms with Gasteiger partial charge < -0.3 is 4.74 Å². The van der Waals surface area contributed by atoms with Crippen molar-refractivity contribution in [3.05, 3.63) is 54.2 Å². The van der Waals surface area contributed by atoms with Crippen LogP contribution >= 0.6 is 10.7 Å². The molecule has 0 aliphatic heterocycles. The van der Waals surface area contributed by atoms with Crippen LogP contribution in [0.15, 0.2) is 53.6 Å². The van der Waals surface area contributed by atoms with Crippen LogP contribution in [0.25, 0.3) is 0 Å². The Labute approximate surface area is 122 Å². The molecule has 0 unspecified atom stereocenters. The van der Waals surface area contributed by atoms with E-state index in [0.29, 0.717) is 6.61 Å². The summed E-state index contributed by atoms with van der Waals surface area (Å²) >= 11 is 0. The molecule has 0 atom stereocenters. The number of hydrogen-bond acceptors (Lipinski definition) is 4. The van der Waals surface area contributed by atoms with E-state index in [9.17, 15) is 8.42 Å². The van der Waals surface area contributed by atoms with Crippen LogP contribution in [0.2, 0.25) is 0 Å². The second-order valence-corrected chi connectivity index (χ2v) is 6.72. The number of aromatic nitrogens is 1. The van der Waals surface area contributed by atoms with E-state index < -0.39 is 9.05 Å². The van der Waals surface area contributed by atoms with Crippen molar-refractivity contribution in [3.63, 3.8) is 0 Å². The maximum atomic E-state index is 11.4.